The smallest absolute Gasteiger partial charge is 0.124 e. The quantitative estimate of drug-likeness (QED) is 0.875. The zero-order chi connectivity index (χ0) is 12.2. The SMILES string of the molecule is CCCC(O)(CN)Cc1ccc(F)cc1Br. The van der Waals surface area contributed by atoms with E-state index in [0.29, 0.717) is 17.3 Å². The van der Waals surface area contributed by atoms with Crippen molar-refractivity contribution >= 4 is 15.9 Å². The highest BCUT2D eigenvalue weighted by Gasteiger charge is 2.25. The van der Waals surface area contributed by atoms with Crippen LogP contribution in [0.15, 0.2) is 22.7 Å². The van der Waals surface area contributed by atoms with Crippen LogP contribution >= 0.6 is 15.9 Å². The van der Waals surface area contributed by atoms with Crippen LogP contribution in [0.2, 0.25) is 0 Å². The molecule has 1 aromatic carbocycles. The van der Waals surface area contributed by atoms with Crippen molar-refractivity contribution < 1.29 is 9.50 Å². The summed E-state index contributed by atoms with van der Waals surface area (Å²) in [6.45, 7) is 2.21. The summed E-state index contributed by atoms with van der Waals surface area (Å²) in [5, 5.41) is 10.2. The molecule has 0 fully saturated rings. The molecule has 2 nitrogen and oxygen atoms in total. The Kier molecular flexibility index (Phi) is 4.89. The number of hydrogen-bond acceptors (Lipinski definition) is 2. The first-order chi connectivity index (χ1) is 7.50. The van der Waals surface area contributed by atoms with Crippen LogP contribution in [0.4, 0.5) is 4.39 Å². The van der Waals surface area contributed by atoms with E-state index in [1.54, 1.807) is 6.07 Å². The summed E-state index contributed by atoms with van der Waals surface area (Å²) in [6, 6.07) is 4.47. The Labute approximate surface area is 104 Å². The van der Waals surface area contributed by atoms with Crippen molar-refractivity contribution in [2.24, 2.45) is 5.73 Å². The van der Waals surface area contributed by atoms with Gasteiger partial charge < -0.3 is 10.8 Å². The molecule has 1 unspecified atom stereocenters. The first kappa shape index (κ1) is 13.6. The van der Waals surface area contributed by atoms with Crippen LogP contribution in [0, 0.1) is 5.82 Å². The molecule has 90 valence electrons. The monoisotopic (exact) mass is 289 g/mol. The number of aliphatic hydroxyl groups is 1. The van der Waals surface area contributed by atoms with Gasteiger partial charge in [-0.25, -0.2) is 4.39 Å². The lowest BCUT2D eigenvalue weighted by Crippen LogP contribution is -2.39. The van der Waals surface area contributed by atoms with Crippen LogP contribution < -0.4 is 5.73 Å². The Morgan fingerprint density at radius 3 is 2.69 bits per heavy atom. The van der Waals surface area contributed by atoms with Gasteiger partial charge in [-0.1, -0.05) is 35.3 Å². The van der Waals surface area contributed by atoms with Crippen LogP contribution in [0.5, 0.6) is 0 Å². The second kappa shape index (κ2) is 5.75. The average molecular weight is 290 g/mol. The predicted molar refractivity (Wildman–Crippen MR) is 66.7 cm³/mol. The maximum absolute atomic E-state index is 12.9. The van der Waals surface area contributed by atoms with Gasteiger partial charge in [0.25, 0.3) is 0 Å². The molecule has 0 saturated carbocycles. The lowest BCUT2D eigenvalue weighted by Gasteiger charge is -2.26. The predicted octanol–water partition coefficient (Wildman–Crippen LogP) is 2.62. The van der Waals surface area contributed by atoms with Gasteiger partial charge in [-0.15, -0.1) is 0 Å². The summed E-state index contributed by atoms with van der Waals surface area (Å²) >= 11 is 3.29. The highest BCUT2D eigenvalue weighted by molar-refractivity contribution is 9.10. The molecule has 0 saturated heterocycles. The van der Waals surface area contributed by atoms with E-state index < -0.39 is 5.60 Å². The van der Waals surface area contributed by atoms with Gasteiger partial charge in [-0.05, 0) is 24.1 Å². The van der Waals surface area contributed by atoms with E-state index in [2.05, 4.69) is 15.9 Å². The molecule has 0 radical (unpaired) electrons. The van der Waals surface area contributed by atoms with Crippen molar-refractivity contribution in [1.82, 2.24) is 0 Å². The third-order valence-electron chi connectivity index (χ3n) is 2.63. The Bertz CT molecular complexity index is 359. The fourth-order valence-corrected chi connectivity index (χ4v) is 2.24. The second-order valence-electron chi connectivity index (χ2n) is 4.09. The van der Waals surface area contributed by atoms with Gasteiger partial charge in [-0.2, -0.15) is 0 Å². The van der Waals surface area contributed by atoms with E-state index in [4.69, 9.17) is 5.73 Å². The highest BCUT2D eigenvalue weighted by Crippen LogP contribution is 2.24. The van der Waals surface area contributed by atoms with Gasteiger partial charge in [0.1, 0.15) is 5.82 Å². The van der Waals surface area contributed by atoms with E-state index in [1.807, 2.05) is 6.92 Å². The first-order valence-electron chi connectivity index (χ1n) is 5.37. The van der Waals surface area contributed by atoms with E-state index in [9.17, 15) is 9.50 Å². The molecule has 0 aliphatic carbocycles. The number of benzene rings is 1. The minimum absolute atomic E-state index is 0.213. The van der Waals surface area contributed by atoms with Crippen molar-refractivity contribution in [3.8, 4) is 0 Å². The molecule has 0 aliphatic rings. The van der Waals surface area contributed by atoms with Gasteiger partial charge in [0.2, 0.25) is 0 Å². The topological polar surface area (TPSA) is 46.2 Å². The standard InChI is InChI=1S/C12H17BrFNO/c1-2-5-12(16,8-15)7-9-3-4-10(14)6-11(9)13/h3-4,6,16H,2,5,7-8,15H2,1H3. The number of hydrogen-bond donors (Lipinski definition) is 2. The zero-order valence-electron chi connectivity index (χ0n) is 9.34. The van der Waals surface area contributed by atoms with Crippen molar-refractivity contribution in [3.05, 3.63) is 34.1 Å². The maximum Gasteiger partial charge on any atom is 0.124 e. The highest BCUT2D eigenvalue weighted by atomic mass is 79.9. The van der Waals surface area contributed by atoms with Crippen LogP contribution in [-0.4, -0.2) is 17.3 Å². The molecule has 0 aliphatic heterocycles. The minimum atomic E-state index is -0.894. The summed E-state index contributed by atoms with van der Waals surface area (Å²) in [5.74, 6) is -0.289. The molecule has 0 amide bonds. The number of nitrogens with two attached hydrogens (primary N) is 1. The fraction of sp³-hybridized carbons (Fsp3) is 0.500. The average Bonchev–Trinajstić information content (AvgIpc) is 2.23. The van der Waals surface area contributed by atoms with Gasteiger partial charge >= 0.3 is 0 Å². The van der Waals surface area contributed by atoms with E-state index in [1.165, 1.54) is 12.1 Å². The van der Waals surface area contributed by atoms with Crippen molar-refractivity contribution in [3.63, 3.8) is 0 Å². The zero-order valence-corrected chi connectivity index (χ0v) is 10.9. The summed E-state index contributed by atoms with van der Waals surface area (Å²) < 4.78 is 13.6. The van der Waals surface area contributed by atoms with Crippen LogP contribution in [0.3, 0.4) is 0 Å². The van der Waals surface area contributed by atoms with Crippen molar-refractivity contribution in [1.29, 1.82) is 0 Å². The van der Waals surface area contributed by atoms with Crippen LogP contribution in [0.25, 0.3) is 0 Å². The van der Waals surface area contributed by atoms with E-state index in [-0.39, 0.29) is 12.4 Å². The summed E-state index contributed by atoms with van der Waals surface area (Å²) in [4.78, 5) is 0. The fourth-order valence-electron chi connectivity index (χ4n) is 1.75. The van der Waals surface area contributed by atoms with E-state index in [0.717, 1.165) is 12.0 Å². The molecule has 0 aromatic heterocycles. The molecule has 1 aromatic rings. The van der Waals surface area contributed by atoms with Crippen molar-refractivity contribution in [2.75, 3.05) is 6.54 Å². The normalized spacial score (nSPS) is 14.8. The Hall–Kier alpha value is -0.450. The van der Waals surface area contributed by atoms with E-state index >= 15 is 0 Å². The first-order valence-corrected chi connectivity index (χ1v) is 6.16. The molecule has 0 bridgehead atoms. The van der Waals surface area contributed by atoms with Gasteiger partial charge in [-0.3, -0.25) is 0 Å². The minimum Gasteiger partial charge on any atom is -0.388 e. The molecule has 0 spiro atoms. The molecular weight excluding hydrogens is 273 g/mol. The molecule has 16 heavy (non-hydrogen) atoms. The maximum atomic E-state index is 12.9. The summed E-state index contributed by atoms with van der Waals surface area (Å²) in [6.07, 6.45) is 1.96. The Balaban J connectivity index is 2.85. The van der Waals surface area contributed by atoms with Crippen molar-refractivity contribution in [2.45, 2.75) is 31.8 Å². The second-order valence-corrected chi connectivity index (χ2v) is 4.95. The van der Waals surface area contributed by atoms with Crippen LogP contribution in [-0.2, 0) is 6.42 Å². The van der Waals surface area contributed by atoms with Crippen LogP contribution in [0.1, 0.15) is 25.3 Å². The summed E-state index contributed by atoms with van der Waals surface area (Å²) in [5.41, 5.74) is 5.57. The van der Waals surface area contributed by atoms with Gasteiger partial charge in [0, 0.05) is 17.4 Å². The molecule has 0 heterocycles. The molecule has 3 N–H and O–H groups in total. The lowest BCUT2D eigenvalue weighted by atomic mass is 9.90. The number of rotatable bonds is 5. The summed E-state index contributed by atoms with van der Waals surface area (Å²) in [7, 11) is 0. The lowest BCUT2D eigenvalue weighted by molar-refractivity contribution is 0.0397. The molecule has 4 heteroatoms. The van der Waals surface area contributed by atoms with Gasteiger partial charge in [0.15, 0.2) is 0 Å². The molecular formula is C12H17BrFNO. The number of halogens is 2. The molecule has 1 rings (SSSR count). The largest absolute Gasteiger partial charge is 0.388 e. The Morgan fingerprint density at radius 2 is 2.19 bits per heavy atom. The third kappa shape index (κ3) is 3.54. The molecule has 1 atom stereocenters. The third-order valence-corrected chi connectivity index (χ3v) is 3.37. The Morgan fingerprint density at radius 1 is 1.50 bits per heavy atom. The van der Waals surface area contributed by atoms with Gasteiger partial charge in [0.05, 0.1) is 5.60 Å².